The Bertz CT molecular complexity index is 960. The molecule has 0 saturated carbocycles. The van der Waals surface area contributed by atoms with Crippen LogP contribution in [0.25, 0.3) is 0 Å². The Hall–Kier alpha value is -2.05. The van der Waals surface area contributed by atoms with E-state index in [1.54, 1.807) is 6.07 Å². The maximum absolute atomic E-state index is 12.8. The van der Waals surface area contributed by atoms with Gasteiger partial charge >= 0.3 is 0 Å². The normalized spacial score (nSPS) is 12.4. The summed E-state index contributed by atoms with van der Waals surface area (Å²) in [6, 6.07) is 12.2. The van der Waals surface area contributed by atoms with Crippen LogP contribution in [0.5, 0.6) is 0 Å². The summed E-state index contributed by atoms with van der Waals surface area (Å²) in [5, 5.41) is 3.59. The van der Waals surface area contributed by atoms with Gasteiger partial charge in [-0.1, -0.05) is 42.8 Å². The number of amides is 1. The van der Waals surface area contributed by atoms with Crippen LogP contribution in [-0.4, -0.2) is 33.2 Å². The fourth-order valence-corrected chi connectivity index (χ4v) is 4.67. The number of benzene rings is 2. The number of nitrogens with zero attached hydrogens (tertiary/aromatic N) is 1. The van der Waals surface area contributed by atoms with Crippen LogP contribution in [0.2, 0.25) is 5.02 Å². The highest BCUT2D eigenvalue weighted by atomic mass is 35.5. The number of rotatable bonds is 9. The molecule has 0 unspecified atom stereocenters. The van der Waals surface area contributed by atoms with Crippen molar-refractivity contribution in [3.05, 3.63) is 64.2 Å². The fourth-order valence-electron chi connectivity index (χ4n) is 3.23. The summed E-state index contributed by atoms with van der Waals surface area (Å²) in [6.45, 7) is 6.15. The van der Waals surface area contributed by atoms with E-state index < -0.39 is 16.1 Å². The predicted molar refractivity (Wildman–Crippen MR) is 120 cm³/mol. The van der Waals surface area contributed by atoms with E-state index in [9.17, 15) is 13.2 Å². The highest BCUT2D eigenvalue weighted by Gasteiger charge is 2.31. The van der Waals surface area contributed by atoms with Crippen molar-refractivity contribution in [3.8, 4) is 0 Å². The number of hydrogen-bond donors (Lipinski definition) is 1. The van der Waals surface area contributed by atoms with E-state index in [-0.39, 0.29) is 5.91 Å². The molecule has 0 saturated heterocycles. The lowest BCUT2D eigenvalue weighted by atomic mass is 10.1. The zero-order valence-electron chi connectivity index (χ0n) is 17.4. The van der Waals surface area contributed by atoms with Gasteiger partial charge in [0.25, 0.3) is 0 Å². The molecule has 2 aromatic carbocycles. The van der Waals surface area contributed by atoms with Gasteiger partial charge in [-0.25, -0.2) is 8.42 Å². The van der Waals surface area contributed by atoms with Crippen molar-refractivity contribution in [2.75, 3.05) is 17.1 Å². The first-order valence-corrected chi connectivity index (χ1v) is 12.0. The molecule has 5 nitrogen and oxygen atoms in total. The zero-order chi connectivity index (χ0) is 21.6. The minimum Gasteiger partial charge on any atom is -0.354 e. The van der Waals surface area contributed by atoms with E-state index in [1.165, 1.54) is 4.31 Å². The second-order valence-corrected chi connectivity index (χ2v) is 9.50. The molecule has 158 valence electrons. The van der Waals surface area contributed by atoms with Gasteiger partial charge in [0.2, 0.25) is 15.9 Å². The molecule has 2 rings (SSSR count). The molecule has 0 fully saturated rings. The highest BCUT2D eigenvalue weighted by Crippen LogP contribution is 2.25. The van der Waals surface area contributed by atoms with Gasteiger partial charge in [-0.05, 0) is 68.0 Å². The SMILES string of the molecule is CC[C@@H](C(=O)NCCCc1ccccc1Cl)N(c1ccc(C)c(C)c1)S(C)(=O)=O. The maximum atomic E-state index is 12.8. The number of carbonyl (C=O) groups is 1. The van der Waals surface area contributed by atoms with Crippen molar-refractivity contribution >= 4 is 33.2 Å². The summed E-state index contributed by atoms with van der Waals surface area (Å²) >= 11 is 6.16. The molecule has 0 aliphatic rings. The lowest BCUT2D eigenvalue weighted by molar-refractivity contribution is -0.122. The number of carbonyl (C=O) groups excluding carboxylic acids is 1. The minimum atomic E-state index is -3.63. The molecule has 7 heteroatoms. The van der Waals surface area contributed by atoms with Gasteiger partial charge in [-0.15, -0.1) is 0 Å². The number of halogens is 1. The van der Waals surface area contributed by atoms with Crippen molar-refractivity contribution in [1.29, 1.82) is 0 Å². The Morgan fingerprint density at radius 3 is 2.41 bits per heavy atom. The van der Waals surface area contributed by atoms with E-state index in [1.807, 2.05) is 57.2 Å². The van der Waals surface area contributed by atoms with E-state index in [0.717, 1.165) is 29.4 Å². The lowest BCUT2D eigenvalue weighted by Crippen LogP contribution is -2.49. The van der Waals surface area contributed by atoms with Gasteiger partial charge in [0, 0.05) is 11.6 Å². The number of anilines is 1. The summed E-state index contributed by atoms with van der Waals surface area (Å²) in [7, 11) is -3.63. The molecule has 0 aliphatic carbocycles. The van der Waals surface area contributed by atoms with Crippen LogP contribution in [0.3, 0.4) is 0 Å². The van der Waals surface area contributed by atoms with Crippen LogP contribution in [0.1, 0.15) is 36.5 Å². The number of aryl methyl sites for hydroxylation is 3. The smallest absolute Gasteiger partial charge is 0.243 e. The Balaban J connectivity index is 2.10. The third-order valence-electron chi connectivity index (χ3n) is 4.95. The van der Waals surface area contributed by atoms with Crippen LogP contribution in [-0.2, 0) is 21.2 Å². The van der Waals surface area contributed by atoms with Gasteiger partial charge in [0.1, 0.15) is 6.04 Å². The number of hydrogen-bond acceptors (Lipinski definition) is 3. The number of sulfonamides is 1. The topological polar surface area (TPSA) is 66.5 Å². The van der Waals surface area contributed by atoms with Crippen molar-refractivity contribution in [3.63, 3.8) is 0 Å². The van der Waals surface area contributed by atoms with Crippen LogP contribution >= 0.6 is 11.6 Å². The van der Waals surface area contributed by atoms with Gasteiger partial charge in [-0.3, -0.25) is 9.10 Å². The first kappa shape index (κ1) is 23.2. The third-order valence-corrected chi connectivity index (χ3v) is 6.50. The van der Waals surface area contributed by atoms with Crippen molar-refractivity contribution in [2.24, 2.45) is 0 Å². The summed E-state index contributed by atoms with van der Waals surface area (Å²) < 4.78 is 26.3. The maximum Gasteiger partial charge on any atom is 0.243 e. The van der Waals surface area contributed by atoms with E-state index in [2.05, 4.69) is 5.32 Å². The average Bonchev–Trinajstić information content (AvgIpc) is 2.65. The summed E-state index contributed by atoms with van der Waals surface area (Å²) in [5.41, 5.74) is 3.59. The summed E-state index contributed by atoms with van der Waals surface area (Å²) in [5.74, 6) is -0.296. The molecule has 1 amide bonds. The van der Waals surface area contributed by atoms with E-state index >= 15 is 0 Å². The fraction of sp³-hybridized carbons (Fsp3) is 0.409. The standard InChI is InChI=1S/C22H29ClN2O3S/c1-5-21(22(26)24-14-8-10-18-9-6-7-11-20(18)23)25(29(4,27)28)19-13-12-16(2)17(3)15-19/h6-7,9,11-13,15,21H,5,8,10,14H2,1-4H3,(H,24,26)/t21-/m0/s1. The molecule has 0 spiro atoms. The molecular formula is C22H29ClN2O3S. The molecule has 1 N–H and O–H groups in total. The van der Waals surface area contributed by atoms with Crippen molar-refractivity contribution in [2.45, 2.75) is 46.1 Å². The molecule has 29 heavy (non-hydrogen) atoms. The van der Waals surface area contributed by atoms with Gasteiger partial charge in [0.05, 0.1) is 11.9 Å². The van der Waals surface area contributed by atoms with Crippen LogP contribution in [0, 0.1) is 13.8 Å². The highest BCUT2D eigenvalue weighted by molar-refractivity contribution is 7.92. The largest absolute Gasteiger partial charge is 0.354 e. The average molecular weight is 437 g/mol. The molecule has 0 heterocycles. The molecule has 0 aliphatic heterocycles. The quantitative estimate of drug-likeness (QED) is 0.597. The molecule has 1 atom stereocenters. The summed E-state index contributed by atoms with van der Waals surface area (Å²) in [6.07, 6.45) is 2.96. The molecule has 0 radical (unpaired) electrons. The van der Waals surface area contributed by atoms with Crippen molar-refractivity contribution < 1.29 is 13.2 Å². The van der Waals surface area contributed by atoms with Crippen molar-refractivity contribution in [1.82, 2.24) is 5.32 Å². The Morgan fingerprint density at radius 2 is 1.83 bits per heavy atom. The lowest BCUT2D eigenvalue weighted by Gasteiger charge is -2.30. The van der Waals surface area contributed by atoms with E-state index in [4.69, 9.17) is 11.6 Å². The summed E-state index contributed by atoms with van der Waals surface area (Å²) in [4.78, 5) is 12.8. The second-order valence-electron chi connectivity index (χ2n) is 7.24. The number of nitrogens with one attached hydrogen (secondary N) is 1. The Morgan fingerprint density at radius 1 is 1.14 bits per heavy atom. The first-order valence-electron chi connectivity index (χ1n) is 9.73. The molecular weight excluding hydrogens is 408 g/mol. The Kier molecular flexibility index (Phi) is 8.11. The van der Waals surface area contributed by atoms with Gasteiger partial charge in [0.15, 0.2) is 0 Å². The predicted octanol–water partition coefficient (Wildman–Crippen LogP) is 4.25. The Labute approximate surface area is 179 Å². The van der Waals surface area contributed by atoms with Crippen LogP contribution < -0.4 is 9.62 Å². The minimum absolute atomic E-state index is 0.296. The second kappa shape index (κ2) is 10.1. The zero-order valence-corrected chi connectivity index (χ0v) is 19.0. The third kappa shape index (κ3) is 6.21. The molecule has 2 aromatic rings. The van der Waals surface area contributed by atoms with Crippen LogP contribution in [0.15, 0.2) is 42.5 Å². The molecule has 0 bridgehead atoms. The monoisotopic (exact) mass is 436 g/mol. The molecule has 0 aromatic heterocycles. The van der Waals surface area contributed by atoms with E-state index in [0.29, 0.717) is 30.1 Å². The van der Waals surface area contributed by atoms with Gasteiger partial charge in [-0.2, -0.15) is 0 Å². The first-order chi connectivity index (χ1) is 13.6. The van der Waals surface area contributed by atoms with Crippen LogP contribution in [0.4, 0.5) is 5.69 Å². The van der Waals surface area contributed by atoms with Gasteiger partial charge < -0.3 is 5.32 Å².